The number of thiazole rings is 2. The molecular weight excluding hydrogens is 436 g/mol. The zero-order valence-corrected chi connectivity index (χ0v) is 19.0. The highest BCUT2D eigenvalue weighted by Crippen LogP contribution is 2.34. The number of anilines is 1. The first-order valence-corrected chi connectivity index (χ1v) is 12.3. The normalized spacial score (nSPS) is 15.7. The number of aromatic nitrogens is 4. The molecule has 154 valence electrons. The van der Waals surface area contributed by atoms with Gasteiger partial charge in [-0.15, -0.1) is 32.9 Å². The summed E-state index contributed by atoms with van der Waals surface area (Å²) in [6.07, 6.45) is 1.90. The molecule has 1 atom stereocenters. The number of nitrogens with zero attached hydrogens (tertiary/aromatic N) is 5. The Morgan fingerprint density at radius 1 is 1.17 bits per heavy atom. The Balaban J connectivity index is 1.30. The van der Waals surface area contributed by atoms with Crippen LogP contribution in [0.2, 0.25) is 0 Å². The topological polar surface area (TPSA) is 83.9 Å². The van der Waals surface area contributed by atoms with E-state index in [0.29, 0.717) is 11.2 Å². The molecule has 4 aromatic rings. The predicted molar refractivity (Wildman–Crippen MR) is 122 cm³/mol. The highest BCUT2D eigenvalue weighted by atomic mass is 32.1. The number of rotatable bonds is 4. The minimum Gasteiger partial charge on any atom is -0.301 e. The minimum atomic E-state index is -0.143. The van der Waals surface area contributed by atoms with E-state index in [0.717, 1.165) is 47.2 Å². The van der Waals surface area contributed by atoms with Gasteiger partial charge in [-0.25, -0.2) is 9.97 Å². The van der Waals surface area contributed by atoms with Crippen LogP contribution in [0.5, 0.6) is 0 Å². The first-order chi connectivity index (χ1) is 14.6. The summed E-state index contributed by atoms with van der Waals surface area (Å²) >= 11 is 4.74. The van der Waals surface area contributed by atoms with Crippen molar-refractivity contribution in [1.82, 2.24) is 25.1 Å². The Morgan fingerprint density at radius 2 is 2.03 bits per heavy atom. The number of fused-ring (bicyclic) bond motifs is 2. The van der Waals surface area contributed by atoms with Crippen molar-refractivity contribution >= 4 is 55.3 Å². The summed E-state index contributed by atoms with van der Waals surface area (Å²) in [6.45, 7) is 5.71. The SMILES string of the molecule is CC(=O)Nc1nnc(-c2nc3c(s2)CCN(C(C)c2ccc4scnc4c2)CC3)s1. The average molecular weight is 457 g/mol. The van der Waals surface area contributed by atoms with Gasteiger partial charge < -0.3 is 5.32 Å². The quantitative estimate of drug-likeness (QED) is 0.490. The number of hydrogen-bond donors (Lipinski definition) is 1. The Kier molecular flexibility index (Phi) is 5.32. The maximum atomic E-state index is 11.2. The smallest absolute Gasteiger partial charge is 0.223 e. The molecule has 5 rings (SSSR count). The Morgan fingerprint density at radius 3 is 2.90 bits per heavy atom. The summed E-state index contributed by atoms with van der Waals surface area (Å²) in [4.78, 5) is 24.4. The third-order valence-electron chi connectivity index (χ3n) is 5.32. The number of carbonyl (C=O) groups excluding carboxylic acids is 1. The van der Waals surface area contributed by atoms with Gasteiger partial charge in [-0.2, -0.15) is 0 Å². The molecule has 1 aliphatic rings. The zero-order chi connectivity index (χ0) is 20.7. The summed E-state index contributed by atoms with van der Waals surface area (Å²) in [5.41, 5.74) is 5.46. The van der Waals surface area contributed by atoms with Gasteiger partial charge in [0.05, 0.1) is 21.4 Å². The second-order valence-corrected chi connectivity index (χ2v) is 10.2. The first-order valence-electron chi connectivity index (χ1n) is 9.74. The number of amides is 1. The Labute approximate surface area is 185 Å². The van der Waals surface area contributed by atoms with Crippen molar-refractivity contribution in [2.24, 2.45) is 0 Å². The van der Waals surface area contributed by atoms with Gasteiger partial charge in [0.1, 0.15) is 0 Å². The molecule has 0 radical (unpaired) electrons. The van der Waals surface area contributed by atoms with Gasteiger partial charge >= 0.3 is 0 Å². The van der Waals surface area contributed by atoms with Crippen molar-refractivity contribution in [1.29, 1.82) is 0 Å². The summed E-state index contributed by atoms with van der Waals surface area (Å²) in [5, 5.41) is 13.1. The van der Waals surface area contributed by atoms with E-state index in [1.807, 2.05) is 5.51 Å². The highest BCUT2D eigenvalue weighted by molar-refractivity contribution is 7.23. The van der Waals surface area contributed by atoms with Crippen LogP contribution in [0.1, 0.15) is 36.0 Å². The number of nitrogens with one attached hydrogen (secondary N) is 1. The molecule has 0 saturated heterocycles. The molecule has 0 aliphatic carbocycles. The standard InChI is InChI=1S/C20H20N6OS3/c1-11(13-3-4-16-15(9-13)21-10-28-16)26-7-5-14-17(6-8-26)29-18(23-14)19-24-25-20(30-19)22-12(2)27/h3-4,9-11H,5-8H2,1-2H3,(H,22,25,27). The van der Waals surface area contributed by atoms with Crippen LogP contribution in [-0.4, -0.2) is 44.1 Å². The summed E-state index contributed by atoms with van der Waals surface area (Å²) in [6, 6.07) is 6.96. The average Bonchev–Trinajstić information content (AvgIpc) is 3.44. The van der Waals surface area contributed by atoms with E-state index in [4.69, 9.17) is 4.98 Å². The second-order valence-electron chi connectivity index (χ2n) is 7.27. The van der Waals surface area contributed by atoms with Gasteiger partial charge in [-0.1, -0.05) is 17.4 Å². The van der Waals surface area contributed by atoms with Crippen molar-refractivity contribution in [2.45, 2.75) is 32.7 Å². The van der Waals surface area contributed by atoms with Crippen LogP contribution >= 0.6 is 34.0 Å². The van der Waals surface area contributed by atoms with E-state index < -0.39 is 0 Å². The van der Waals surface area contributed by atoms with Crippen molar-refractivity contribution in [3.05, 3.63) is 39.8 Å². The predicted octanol–water partition coefficient (Wildman–Crippen LogP) is 4.39. The van der Waals surface area contributed by atoms with Crippen LogP contribution < -0.4 is 5.32 Å². The second kappa shape index (κ2) is 8.10. The monoisotopic (exact) mass is 456 g/mol. The molecule has 3 aromatic heterocycles. The van der Waals surface area contributed by atoms with E-state index in [1.54, 1.807) is 22.7 Å². The van der Waals surface area contributed by atoms with Crippen LogP contribution in [0.15, 0.2) is 23.7 Å². The molecule has 0 saturated carbocycles. The van der Waals surface area contributed by atoms with Crippen molar-refractivity contribution in [2.75, 3.05) is 18.4 Å². The molecular formula is C20H20N6OS3. The zero-order valence-electron chi connectivity index (χ0n) is 16.6. The Bertz CT molecular complexity index is 1190. The van der Waals surface area contributed by atoms with Crippen LogP contribution in [0.25, 0.3) is 20.2 Å². The molecule has 7 nitrogen and oxygen atoms in total. The van der Waals surface area contributed by atoms with E-state index in [1.165, 1.54) is 33.4 Å². The molecule has 1 amide bonds. The van der Waals surface area contributed by atoms with Crippen LogP contribution in [0.3, 0.4) is 0 Å². The lowest BCUT2D eigenvalue weighted by Crippen LogP contribution is -2.29. The molecule has 0 bridgehead atoms. The molecule has 10 heteroatoms. The van der Waals surface area contributed by atoms with Gasteiger partial charge in [-0.3, -0.25) is 9.69 Å². The van der Waals surface area contributed by atoms with E-state index in [-0.39, 0.29) is 5.91 Å². The maximum Gasteiger partial charge on any atom is 0.223 e. The molecule has 30 heavy (non-hydrogen) atoms. The third-order valence-corrected chi connectivity index (χ3v) is 8.26. The fourth-order valence-corrected chi connectivity index (χ4v) is 6.27. The van der Waals surface area contributed by atoms with Crippen molar-refractivity contribution < 1.29 is 4.79 Å². The summed E-state index contributed by atoms with van der Waals surface area (Å²) in [7, 11) is 0. The third kappa shape index (κ3) is 3.87. The number of carbonyl (C=O) groups is 1. The molecule has 1 aliphatic heterocycles. The fourth-order valence-electron chi connectivity index (χ4n) is 3.72. The van der Waals surface area contributed by atoms with Gasteiger partial charge in [0.2, 0.25) is 11.0 Å². The van der Waals surface area contributed by atoms with Crippen LogP contribution in [-0.2, 0) is 17.6 Å². The summed E-state index contributed by atoms with van der Waals surface area (Å²) in [5.74, 6) is -0.143. The molecule has 4 heterocycles. The molecule has 1 aromatic carbocycles. The molecule has 1 N–H and O–H groups in total. The maximum absolute atomic E-state index is 11.2. The Hall–Kier alpha value is -2.27. The van der Waals surface area contributed by atoms with Crippen molar-refractivity contribution in [3.8, 4) is 10.0 Å². The molecule has 0 fully saturated rings. The van der Waals surface area contributed by atoms with E-state index >= 15 is 0 Å². The van der Waals surface area contributed by atoms with Gasteiger partial charge in [0, 0.05) is 37.4 Å². The lowest BCUT2D eigenvalue weighted by molar-refractivity contribution is -0.114. The van der Waals surface area contributed by atoms with Crippen LogP contribution in [0, 0.1) is 0 Å². The van der Waals surface area contributed by atoms with E-state index in [9.17, 15) is 4.79 Å². The van der Waals surface area contributed by atoms with Gasteiger partial charge in [0.15, 0.2) is 10.0 Å². The van der Waals surface area contributed by atoms with Gasteiger partial charge in [-0.05, 0) is 31.0 Å². The molecule has 1 unspecified atom stereocenters. The lowest BCUT2D eigenvalue weighted by atomic mass is 10.1. The lowest BCUT2D eigenvalue weighted by Gasteiger charge is -2.27. The fraction of sp³-hybridized carbons (Fsp3) is 0.350. The van der Waals surface area contributed by atoms with Crippen molar-refractivity contribution in [3.63, 3.8) is 0 Å². The molecule has 0 spiro atoms. The van der Waals surface area contributed by atoms with Crippen LogP contribution in [0.4, 0.5) is 5.13 Å². The highest BCUT2D eigenvalue weighted by Gasteiger charge is 2.24. The minimum absolute atomic E-state index is 0.143. The van der Waals surface area contributed by atoms with E-state index in [2.05, 4.69) is 50.5 Å². The number of hydrogen-bond acceptors (Lipinski definition) is 9. The summed E-state index contributed by atoms with van der Waals surface area (Å²) < 4.78 is 1.24. The van der Waals surface area contributed by atoms with Gasteiger partial charge in [0.25, 0.3) is 0 Å². The largest absolute Gasteiger partial charge is 0.301 e. The number of benzene rings is 1. The first kappa shape index (κ1) is 19.7.